The number of carbonyl (C=O) groups is 1. The molecule has 0 aliphatic carbocycles. The molecule has 0 atom stereocenters. The summed E-state index contributed by atoms with van der Waals surface area (Å²) < 4.78 is 6.51. The van der Waals surface area contributed by atoms with Gasteiger partial charge in [0.15, 0.2) is 11.6 Å². The Kier molecular flexibility index (Phi) is 2.87. The van der Waals surface area contributed by atoms with E-state index in [1.54, 1.807) is 7.05 Å². The molecule has 1 aromatic heterocycles. The predicted molar refractivity (Wildman–Crippen MR) is 39.1 cm³/mol. The molecule has 0 saturated heterocycles. The third-order valence-electron chi connectivity index (χ3n) is 1.24. The molecule has 12 heavy (non-hydrogen) atoms. The highest BCUT2D eigenvalue weighted by molar-refractivity contribution is 5.76. The van der Waals surface area contributed by atoms with Gasteiger partial charge in [-0.1, -0.05) is 0 Å². The van der Waals surface area contributed by atoms with Crippen molar-refractivity contribution in [2.75, 3.05) is 6.61 Å². The van der Waals surface area contributed by atoms with Gasteiger partial charge in [0.2, 0.25) is 0 Å². The molecule has 0 amide bonds. The van der Waals surface area contributed by atoms with E-state index in [0.29, 0.717) is 5.82 Å². The molecule has 1 heterocycles. The van der Waals surface area contributed by atoms with Crippen molar-refractivity contribution >= 4 is 5.78 Å². The summed E-state index contributed by atoms with van der Waals surface area (Å²) >= 11 is 0. The fourth-order valence-corrected chi connectivity index (χ4v) is 0.656. The van der Waals surface area contributed by atoms with Crippen LogP contribution in [0.4, 0.5) is 0 Å². The summed E-state index contributed by atoms with van der Waals surface area (Å²) in [5.41, 5.74) is 0. The Morgan fingerprint density at radius 1 is 1.67 bits per heavy atom. The van der Waals surface area contributed by atoms with Crippen molar-refractivity contribution in [3.05, 3.63) is 5.82 Å². The largest absolute Gasteiger partial charge is 0.366 e. The lowest BCUT2D eigenvalue weighted by atomic mass is 10.5. The van der Waals surface area contributed by atoms with Crippen molar-refractivity contribution in [1.29, 1.82) is 0 Å². The number of hydrogen-bond acceptors (Lipinski definition) is 5. The van der Waals surface area contributed by atoms with Gasteiger partial charge in [0, 0.05) is 7.05 Å². The van der Waals surface area contributed by atoms with E-state index in [4.69, 9.17) is 4.74 Å². The van der Waals surface area contributed by atoms with Crippen molar-refractivity contribution in [1.82, 2.24) is 20.2 Å². The minimum absolute atomic E-state index is 0.00914. The molecule has 1 rings (SSSR count). The average Bonchev–Trinajstić information content (AvgIpc) is 2.36. The first-order valence-electron chi connectivity index (χ1n) is 3.48. The van der Waals surface area contributed by atoms with E-state index >= 15 is 0 Å². The smallest absolute Gasteiger partial charge is 0.176 e. The molecule has 0 bridgehead atoms. The molecule has 0 saturated carbocycles. The third-order valence-corrected chi connectivity index (χ3v) is 1.24. The molecular formula is C6H10N4O2. The van der Waals surface area contributed by atoms with E-state index in [2.05, 4.69) is 15.5 Å². The molecule has 6 heteroatoms. The summed E-state index contributed by atoms with van der Waals surface area (Å²) in [6.07, 6.45) is 0. The van der Waals surface area contributed by atoms with Crippen molar-refractivity contribution in [2.45, 2.75) is 13.5 Å². The van der Waals surface area contributed by atoms with Gasteiger partial charge in [0.1, 0.15) is 13.2 Å². The fraction of sp³-hybridized carbons (Fsp3) is 0.667. The first-order valence-corrected chi connectivity index (χ1v) is 3.48. The number of hydrogen-bond donors (Lipinski definition) is 0. The Balaban J connectivity index is 2.33. The zero-order valence-corrected chi connectivity index (χ0v) is 7.02. The van der Waals surface area contributed by atoms with Gasteiger partial charge < -0.3 is 4.74 Å². The molecule has 0 spiro atoms. The lowest BCUT2D eigenvalue weighted by Crippen LogP contribution is -2.07. The van der Waals surface area contributed by atoms with Gasteiger partial charge in [-0.2, -0.15) is 0 Å². The number of nitrogens with zero attached hydrogens (tertiary/aromatic N) is 4. The topological polar surface area (TPSA) is 69.9 Å². The first kappa shape index (κ1) is 8.79. The summed E-state index contributed by atoms with van der Waals surface area (Å²) in [5.74, 6) is 0.598. The van der Waals surface area contributed by atoms with Crippen LogP contribution >= 0.6 is 0 Å². The second kappa shape index (κ2) is 3.91. The summed E-state index contributed by atoms with van der Waals surface area (Å²) in [7, 11) is 1.71. The molecule has 0 aliphatic heterocycles. The summed E-state index contributed by atoms with van der Waals surface area (Å²) in [6, 6.07) is 0. The number of aryl methyl sites for hydroxylation is 1. The predicted octanol–water partition coefficient (Wildman–Crippen LogP) is -0.684. The second-order valence-electron chi connectivity index (χ2n) is 2.41. The minimum atomic E-state index is -0.00914. The molecule has 0 fully saturated rings. The maximum Gasteiger partial charge on any atom is 0.176 e. The standard InChI is InChI=1S/C6H10N4O2/c1-5(11)3-12-4-6-7-8-9-10(6)2/h3-4H2,1-2H3. The summed E-state index contributed by atoms with van der Waals surface area (Å²) in [4.78, 5) is 10.5. The molecule has 0 unspecified atom stereocenters. The number of Topliss-reactive ketones (excluding diaryl/α,β-unsaturated/α-hetero) is 1. The average molecular weight is 170 g/mol. The maximum atomic E-state index is 10.5. The van der Waals surface area contributed by atoms with Gasteiger partial charge in [-0.3, -0.25) is 4.79 Å². The lowest BCUT2D eigenvalue weighted by molar-refractivity contribution is -0.121. The Morgan fingerprint density at radius 2 is 2.42 bits per heavy atom. The molecule has 1 aromatic rings. The summed E-state index contributed by atoms with van der Waals surface area (Å²) in [6.45, 7) is 1.84. The molecule has 0 aliphatic rings. The van der Waals surface area contributed by atoms with Crippen LogP contribution in [-0.2, 0) is 23.2 Å². The van der Waals surface area contributed by atoms with Crippen molar-refractivity contribution in [3.8, 4) is 0 Å². The van der Waals surface area contributed by atoms with Crippen LogP contribution in [-0.4, -0.2) is 32.6 Å². The number of rotatable bonds is 4. The zero-order valence-electron chi connectivity index (χ0n) is 7.02. The van der Waals surface area contributed by atoms with Gasteiger partial charge in [-0.25, -0.2) is 4.68 Å². The van der Waals surface area contributed by atoms with E-state index in [9.17, 15) is 4.79 Å². The highest BCUT2D eigenvalue weighted by Gasteiger charge is 2.01. The van der Waals surface area contributed by atoms with Crippen LogP contribution < -0.4 is 0 Å². The lowest BCUT2D eigenvalue weighted by Gasteiger charge is -1.98. The van der Waals surface area contributed by atoms with Crippen LogP contribution in [0, 0.1) is 0 Å². The SMILES string of the molecule is CC(=O)COCc1nnnn1C. The maximum absolute atomic E-state index is 10.5. The van der Waals surface area contributed by atoms with E-state index in [0.717, 1.165) is 0 Å². The molecule has 66 valence electrons. The Bertz CT molecular complexity index is 270. The van der Waals surface area contributed by atoms with Crippen LogP contribution in [0.1, 0.15) is 12.7 Å². The van der Waals surface area contributed by atoms with Crippen LogP contribution in [0.25, 0.3) is 0 Å². The van der Waals surface area contributed by atoms with Gasteiger partial charge in [-0.05, 0) is 17.4 Å². The van der Waals surface area contributed by atoms with Gasteiger partial charge in [0.25, 0.3) is 0 Å². The highest BCUT2D eigenvalue weighted by atomic mass is 16.5. The minimum Gasteiger partial charge on any atom is -0.366 e. The quantitative estimate of drug-likeness (QED) is 0.598. The van der Waals surface area contributed by atoms with Crippen LogP contribution in [0.3, 0.4) is 0 Å². The Labute approximate surface area is 69.5 Å². The molecule has 0 N–H and O–H groups in total. The number of ether oxygens (including phenoxy) is 1. The van der Waals surface area contributed by atoms with Crippen LogP contribution in [0.15, 0.2) is 0 Å². The number of tetrazole rings is 1. The zero-order chi connectivity index (χ0) is 8.97. The molecule has 6 nitrogen and oxygen atoms in total. The fourth-order valence-electron chi connectivity index (χ4n) is 0.656. The van der Waals surface area contributed by atoms with Crippen molar-refractivity contribution < 1.29 is 9.53 Å². The number of aromatic nitrogens is 4. The Hall–Kier alpha value is -1.30. The van der Waals surface area contributed by atoms with Gasteiger partial charge in [0.05, 0.1) is 0 Å². The monoisotopic (exact) mass is 170 g/mol. The third kappa shape index (κ3) is 2.39. The first-order chi connectivity index (χ1) is 5.70. The second-order valence-corrected chi connectivity index (χ2v) is 2.41. The van der Waals surface area contributed by atoms with Crippen molar-refractivity contribution in [2.24, 2.45) is 7.05 Å². The van der Waals surface area contributed by atoms with Crippen LogP contribution in [0.5, 0.6) is 0 Å². The summed E-state index contributed by atoms with van der Waals surface area (Å²) in [5, 5.41) is 10.7. The van der Waals surface area contributed by atoms with Crippen LogP contribution in [0.2, 0.25) is 0 Å². The number of carbonyl (C=O) groups excluding carboxylic acids is 1. The van der Waals surface area contributed by atoms with Crippen molar-refractivity contribution in [3.63, 3.8) is 0 Å². The van der Waals surface area contributed by atoms with E-state index in [1.807, 2.05) is 0 Å². The van der Waals surface area contributed by atoms with Gasteiger partial charge >= 0.3 is 0 Å². The molecule has 0 radical (unpaired) electrons. The van der Waals surface area contributed by atoms with E-state index in [-0.39, 0.29) is 19.0 Å². The normalized spacial score (nSPS) is 10.2. The Morgan fingerprint density at radius 3 is 2.92 bits per heavy atom. The van der Waals surface area contributed by atoms with E-state index in [1.165, 1.54) is 11.6 Å². The number of ketones is 1. The molecule has 0 aromatic carbocycles. The van der Waals surface area contributed by atoms with E-state index < -0.39 is 0 Å². The molecular weight excluding hydrogens is 160 g/mol. The highest BCUT2D eigenvalue weighted by Crippen LogP contribution is 1.91. The van der Waals surface area contributed by atoms with Gasteiger partial charge in [-0.15, -0.1) is 5.10 Å².